The molecule has 1 saturated heterocycles. The van der Waals surface area contributed by atoms with Gasteiger partial charge in [-0.1, -0.05) is 6.42 Å². The molecule has 0 aromatic rings. The highest BCUT2D eigenvalue weighted by molar-refractivity contribution is 5.81. The van der Waals surface area contributed by atoms with Gasteiger partial charge in [0.15, 0.2) is 0 Å². The third kappa shape index (κ3) is 6.61. The van der Waals surface area contributed by atoms with Crippen molar-refractivity contribution in [1.82, 2.24) is 15.5 Å². The van der Waals surface area contributed by atoms with Crippen molar-refractivity contribution < 1.29 is 9.53 Å². The molecule has 0 aliphatic carbocycles. The minimum absolute atomic E-state index is 0.00512. The quantitative estimate of drug-likeness (QED) is 0.609. The van der Waals surface area contributed by atoms with Crippen LogP contribution in [0, 0.1) is 0 Å². The zero-order valence-corrected chi connectivity index (χ0v) is 11.0. The van der Waals surface area contributed by atoms with E-state index in [2.05, 4.69) is 15.5 Å². The van der Waals surface area contributed by atoms with Crippen LogP contribution in [-0.4, -0.2) is 63.8 Å². The lowest BCUT2D eigenvalue weighted by molar-refractivity contribution is -0.123. The Kier molecular flexibility index (Phi) is 7.16. The second-order valence-corrected chi connectivity index (χ2v) is 4.71. The number of rotatable bonds is 7. The van der Waals surface area contributed by atoms with E-state index >= 15 is 0 Å². The molecule has 0 bridgehead atoms. The summed E-state index contributed by atoms with van der Waals surface area (Å²) in [6.07, 6.45) is 3.27. The van der Waals surface area contributed by atoms with Crippen LogP contribution in [0.5, 0.6) is 0 Å². The number of carbonyl (C=O) groups is 1. The Balaban J connectivity index is 1.96. The maximum Gasteiger partial charge on any atom is 0.237 e. The van der Waals surface area contributed by atoms with Crippen LogP contribution in [0.3, 0.4) is 0 Å². The first kappa shape index (κ1) is 14.4. The molecular formula is C12H25N3O2. The minimum atomic E-state index is 0.00512. The molecule has 100 valence electrons. The average molecular weight is 243 g/mol. The number of ether oxygens (including phenoxy) is 1. The molecule has 1 aliphatic rings. The van der Waals surface area contributed by atoms with E-state index in [0.717, 1.165) is 25.9 Å². The van der Waals surface area contributed by atoms with Crippen LogP contribution in [0.4, 0.5) is 0 Å². The number of amides is 1. The smallest absolute Gasteiger partial charge is 0.237 e. The molecule has 5 heteroatoms. The number of hydrogen-bond donors (Lipinski definition) is 2. The molecule has 1 atom stereocenters. The number of carbonyl (C=O) groups excluding carboxylic acids is 1. The van der Waals surface area contributed by atoms with Crippen molar-refractivity contribution in [1.29, 1.82) is 0 Å². The second-order valence-electron chi connectivity index (χ2n) is 4.71. The highest BCUT2D eigenvalue weighted by Gasteiger charge is 2.19. The van der Waals surface area contributed by atoms with Crippen LogP contribution < -0.4 is 10.6 Å². The Morgan fingerprint density at radius 2 is 2.24 bits per heavy atom. The second kappa shape index (κ2) is 8.44. The summed E-state index contributed by atoms with van der Waals surface area (Å²) >= 11 is 0. The highest BCUT2D eigenvalue weighted by atomic mass is 16.5. The van der Waals surface area contributed by atoms with Crippen LogP contribution in [0.2, 0.25) is 0 Å². The van der Waals surface area contributed by atoms with Gasteiger partial charge < -0.3 is 20.3 Å². The number of piperidine rings is 1. The van der Waals surface area contributed by atoms with Gasteiger partial charge in [-0.15, -0.1) is 0 Å². The molecule has 1 aliphatic heterocycles. The predicted molar refractivity (Wildman–Crippen MR) is 68.0 cm³/mol. The lowest BCUT2D eigenvalue weighted by Crippen LogP contribution is -2.47. The minimum Gasteiger partial charge on any atom is -0.378 e. The van der Waals surface area contributed by atoms with Crippen molar-refractivity contribution >= 4 is 5.91 Å². The molecule has 0 saturated carbocycles. The molecule has 1 heterocycles. The average Bonchev–Trinajstić information content (AvgIpc) is 2.34. The van der Waals surface area contributed by atoms with Crippen molar-refractivity contribution in [2.45, 2.75) is 25.3 Å². The van der Waals surface area contributed by atoms with Crippen molar-refractivity contribution in [3.63, 3.8) is 0 Å². The van der Waals surface area contributed by atoms with E-state index in [1.165, 1.54) is 6.42 Å². The van der Waals surface area contributed by atoms with Crippen LogP contribution in [0.25, 0.3) is 0 Å². The molecule has 0 aromatic carbocycles. The van der Waals surface area contributed by atoms with Gasteiger partial charge in [0.05, 0.1) is 19.3 Å². The van der Waals surface area contributed by atoms with Gasteiger partial charge in [0.1, 0.15) is 0 Å². The molecule has 5 nitrogen and oxygen atoms in total. The first-order valence-corrected chi connectivity index (χ1v) is 6.43. The summed E-state index contributed by atoms with van der Waals surface area (Å²) in [6, 6.07) is 0.00512. The maximum absolute atomic E-state index is 11.7. The first-order valence-electron chi connectivity index (χ1n) is 6.43. The maximum atomic E-state index is 11.7. The number of nitrogens with zero attached hydrogens (tertiary/aromatic N) is 1. The van der Waals surface area contributed by atoms with Gasteiger partial charge in [-0.3, -0.25) is 4.79 Å². The summed E-state index contributed by atoms with van der Waals surface area (Å²) < 4.78 is 5.41. The summed E-state index contributed by atoms with van der Waals surface area (Å²) in [5.41, 5.74) is 0. The number of nitrogens with one attached hydrogen (secondary N) is 2. The van der Waals surface area contributed by atoms with Gasteiger partial charge in [-0.25, -0.2) is 0 Å². The van der Waals surface area contributed by atoms with E-state index < -0.39 is 0 Å². The van der Waals surface area contributed by atoms with Crippen molar-refractivity contribution in [2.75, 3.05) is 46.9 Å². The summed E-state index contributed by atoms with van der Waals surface area (Å²) in [7, 11) is 4.03. The summed E-state index contributed by atoms with van der Waals surface area (Å²) in [5.74, 6) is 0.112. The molecule has 17 heavy (non-hydrogen) atoms. The van der Waals surface area contributed by atoms with E-state index in [1.54, 1.807) is 0 Å². The summed E-state index contributed by atoms with van der Waals surface area (Å²) in [4.78, 5) is 13.8. The Morgan fingerprint density at radius 1 is 1.41 bits per heavy atom. The topological polar surface area (TPSA) is 53.6 Å². The van der Waals surface area contributed by atoms with Gasteiger partial charge >= 0.3 is 0 Å². The summed E-state index contributed by atoms with van der Waals surface area (Å²) in [5, 5.41) is 6.13. The van der Waals surface area contributed by atoms with E-state index in [1.807, 2.05) is 14.1 Å². The van der Waals surface area contributed by atoms with Crippen molar-refractivity contribution in [2.24, 2.45) is 0 Å². The molecule has 2 N–H and O–H groups in total. The number of hydrogen-bond acceptors (Lipinski definition) is 4. The molecule has 1 amide bonds. The molecule has 0 radical (unpaired) electrons. The lowest BCUT2D eigenvalue weighted by Gasteiger charge is -2.22. The largest absolute Gasteiger partial charge is 0.378 e. The molecule has 0 spiro atoms. The third-order valence-corrected chi connectivity index (χ3v) is 2.86. The molecule has 0 unspecified atom stereocenters. The van der Waals surface area contributed by atoms with Crippen LogP contribution in [-0.2, 0) is 9.53 Å². The normalized spacial score (nSPS) is 20.5. The molecule has 1 fully saturated rings. The zero-order chi connectivity index (χ0) is 12.5. The van der Waals surface area contributed by atoms with Gasteiger partial charge in [0.25, 0.3) is 0 Å². The highest BCUT2D eigenvalue weighted by Crippen LogP contribution is 2.06. The van der Waals surface area contributed by atoms with Gasteiger partial charge in [0.2, 0.25) is 5.91 Å². The molecule has 1 rings (SSSR count). The van der Waals surface area contributed by atoms with Gasteiger partial charge in [-0.05, 0) is 33.5 Å². The van der Waals surface area contributed by atoms with Crippen LogP contribution in [0.15, 0.2) is 0 Å². The standard InChI is InChI=1S/C12H25N3O2/c1-15(2)8-10-17-9-7-14-12(16)11-5-3-4-6-13-11/h11,13H,3-10H2,1-2H3,(H,14,16)/t11-/m0/s1. The molecule has 0 aromatic heterocycles. The van der Waals surface area contributed by atoms with Crippen LogP contribution in [0.1, 0.15) is 19.3 Å². The van der Waals surface area contributed by atoms with E-state index in [4.69, 9.17) is 4.74 Å². The fourth-order valence-corrected chi connectivity index (χ4v) is 1.79. The fourth-order valence-electron chi connectivity index (χ4n) is 1.79. The van der Waals surface area contributed by atoms with Crippen LogP contribution >= 0.6 is 0 Å². The predicted octanol–water partition coefficient (Wildman–Crippen LogP) is -0.177. The van der Waals surface area contributed by atoms with E-state index in [-0.39, 0.29) is 11.9 Å². The first-order chi connectivity index (χ1) is 8.20. The lowest BCUT2D eigenvalue weighted by atomic mass is 10.0. The van der Waals surface area contributed by atoms with Gasteiger partial charge in [-0.2, -0.15) is 0 Å². The van der Waals surface area contributed by atoms with Crippen molar-refractivity contribution in [3.05, 3.63) is 0 Å². The fraction of sp³-hybridized carbons (Fsp3) is 0.917. The Bertz CT molecular complexity index is 216. The third-order valence-electron chi connectivity index (χ3n) is 2.86. The van der Waals surface area contributed by atoms with E-state index in [0.29, 0.717) is 19.8 Å². The zero-order valence-electron chi connectivity index (χ0n) is 11.0. The van der Waals surface area contributed by atoms with Crippen molar-refractivity contribution in [3.8, 4) is 0 Å². The molecular weight excluding hydrogens is 218 g/mol. The summed E-state index contributed by atoms with van der Waals surface area (Å²) in [6.45, 7) is 3.77. The van der Waals surface area contributed by atoms with Gasteiger partial charge in [0, 0.05) is 13.1 Å². The van der Waals surface area contributed by atoms with E-state index in [9.17, 15) is 4.79 Å². The monoisotopic (exact) mass is 243 g/mol. The Hall–Kier alpha value is -0.650. The SMILES string of the molecule is CN(C)CCOCCNC(=O)[C@@H]1CCCCN1. The Labute approximate surface area is 104 Å². The number of likely N-dealkylation sites (N-methyl/N-ethyl adjacent to an activating group) is 1. The Morgan fingerprint density at radius 3 is 2.88 bits per heavy atom.